The minimum absolute atomic E-state index is 0.000256. The molecule has 29 heavy (non-hydrogen) atoms. The molecule has 1 saturated heterocycles. The molecular weight excluding hydrogens is 364 g/mol. The number of aromatic nitrogens is 1. The molecule has 0 aliphatic carbocycles. The summed E-state index contributed by atoms with van der Waals surface area (Å²) >= 11 is 0. The molecule has 1 unspecified atom stereocenters. The monoisotopic (exact) mass is 392 g/mol. The molecule has 0 saturated carbocycles. The maximum atomic E-state index is 13.3. The van der Waals surface area contributed by atoms with Gasteiger partial charge in [-0.2, -0.15) is 0 Å². The molecule has 1 aromatic heterocycles. The molecule has 152 valence electrons. The fourth-order valence-corrected chi connectivity index (χ4v) is 4.33. The zero-order chi connectivity index (χ0) is 20.4. The third-order valence-corrected chi connectivity index (χ3v) is 5.94. The number of aryl methyl sites for hydroxylation is 1. The van der Waals surface area contributed by atoms with Crippen molar-refractivity contribution in [3.63, 3.8) is 0 Å². The molecule has 1 fully saturated rings. The van der Waals surface area contributed by atoms with Crippen LogP contribution in [-0.2, 0) is 22.7 Å². The fraction of sp³-hybridized carbons (Fsp3) is 0.435. The molecule has 6 heteroatoms. The van der Waals surface area contributed by atoms with E-state index in [0.717, 1.165) is 30.9 Å². The van der Waals surface area contributed by atoms with E-state index in [2.05, 4.69) is 41.1 Å². The van der Waals surface area contributed by atoms with Crippen molar-refractivity contribution in [2.75, 3.05) is 32.7 Å². The predicted molar refractivity (Wildman–Crippen MR) is 111 cm³/mol. The van der Waals surface area contributed by atoms with Crippen molar-refractivity contribution in [2.24, 2.45) is 0 Å². The molecule has 2 aromatic rings. The number of amides is 2. The van der Waals surface area contributed by atoms with Crippen LogP contribution in [-0.4, -0.2) is 64.2 Å². The van der Waals surface area contributed by atoms with Gasteiger partial charge in [0.25, 0.3) is 0 Å². The van der Waals surface area contributed by atoms with Crippen LogP contribution < -0.4 is 0 Å². The number of benzene rings is 1. The van der Waals surface area contributed by atoms with E-state index >= 15 is 0 Å². The molecule has 0 spiro atoms. The normalized spacial score (nSPS) is 19.7. The molecule has 2 aliphatic rings. The van der Waals surface area contributed by atoms with Crippen molar-refractivity contribution in [3.8, 4) is 0 Å². The number of nitrogens with zero attached hydrogens (tertiary/aromatic N) is 4. The van der Waals surface area contributed by atoms with Crippen LogP contribution in [0.1, 0.15) is 35.2 Å². The highest BCUT2D eigenvalue weighted by molar-refractivity contribution is 5.85. The van der Waals surface area contributed by atoms with E-state index in [1.165, 1.54) is 11.1 Å². The highest BCUT2D eigenvalue weighted by atomic mass is 16.2. The average molecular weight is 393 g/mol. The molecule has 2 amide bonds. The molecular formula is C23H28N4O2. The number of piperazine rings is 1. The molecule has 0 radical (unpaired) electrons. The second-order valence-electron chi connectivity index (χ2n) is 8.09. The van der Waals surface area contributed by atoms with Crippen LogP contribution in [0, 0.1) is 6.92 Å². The Morgan fingerprint density at radius 3 is 2.59 bits per heavy atom. The molecule has 1 aromatic carbocycles. The maximum absolute atomic E-state index is 13.3. The lowest BCUT2D eigenvalue weighted by Crippen LogP contribution is -2.52. The summed E-state index contributed by atoms with van der Waals surface area (Å²) in [5.41, 5.74) is 4.39. The summed E-state index contributed by atoms with van der Waals surface area (Å²) in [5, 5.41) is 0. The molecule has 0 bridgehead atoms. The molecule has 6 nitrogen and oxygen atoms in total. The zero-order valence-corrected chi connectivity index (χ0v) is 17.2. The molecule has 4 rings (SSSR count). The van der Waals surface area contributed by atoms with Gasteiger partial charge < -0.3 is 9.80 Å². The second-order valence-corrected chi connectivity index (χ2v) is 8.09. The van der Waals surface area contributed by atoms with Gasteiger partial charge in [0.15, 0.2) is 0 Å². The van der Waals surface area contributed by atoms with Crippen LogP contribution in [0.4, 0.5) is 0 Å². The number of rotatable bonds is 3. The summed E-state index contributed by atoms with van der Waals surface area (Å²) in [6.07, 6.45) is 1.74. The maximum Gasteiger partial charge on any atom is 0.233 e. The first kappa shape index (κ1) is 19.6. The summed E-state index contributed by atoms with van der Waals surface area (Å²) in [7, 11) is 0. The first-order valence-electron chi connectivity index (χ1n) is 10.3. The van der Waals surface area contributed by atoms with Gasteiger partial charge in [0.05, 0.1) is 11.6 Å². The Morgan fingerprint density at radius 1 is 1.07 bits per heavy atom. The third-order valence-electron chi connectivity index (χ3n) is 5.94. The fourth-order valence-electron chi connectivity index (χ4n) is 4.33. The average Bonchev–Trinajstić information content (AvgIpc) is 2.73. The Balaban J connectivity index is 1.42. The lowest BCUT2D eigenvalue weighted by molar-refractivity contribution is -0.137. The minimum atomic E-state index is -0.368. The van der Waals surface area contributed by atoms with Crippen molar-refractivity contribution >= 4 is 11.8 Å². The van der Waals surface area contributed by atoms with Crippen molar-refractivity contribution in [1.29, 1.82) is 0 Å². The van der Waals surface area contributed by atoms with Crippen LogP contribution in [0.3, 0.4) is 0 Å². The van der Waals surface area contributed by atoms with Gasteiger partial charge in [0.2, 0.25) is 11.8 Å². The summed E-state index contributed by atoms with van der Waals surface area (Å²) in [6.45, 7) is 8.68. The highest BCUT2D eigenvalue weighted by Crippen LogP contribution is 2.28. The van der Waals surface area contributed by atoms with E-state index in [0.29, 0.717) is 26.2 Å². The van der Waals surface area contributed by atoms with Gasteiger partial charge in [-0.05, 0) is 24.1 Å². The van der Waals surface area contributed by atoms with E-state index in [9.17, 15) is 9.59 Å². The topological polar surface area (TPSA) is 56.8 Å². The molecule has 2 aliphatic heterocycles. The van der Waals surface area contributed by atoms with Gasteiger partial charge in [-0.25, -0.2) is 0 Å². The van der Waals surface area contributed by atoms with Crippen molar-refractivity contribution in [1.82, 2.24) is 19.7 Å². The Bertz CT molecular complexity index is 905. The lowest BCUT2D eigenvalue weighted by Gasteiger charge is -2.39. The predicted octanol–water partition coefficient (Wildman–Crippen LogP) is 2.18. The van der Waals surface area contributed by atoms with Crippen molar-refractivity contribution in [3.05, 3.63) is 65.0 Å². The smallest absolute Gasteiger partial charge is 0.233 e. The number of pyridine rings is 1. The van der Waals surface area contributed by atoms with Gasteiger partial charge >= 0.3 is 0 Å². The van der Waals surface area contributed by atoms with Crippen LogP contribution >= 0.6 is 0 Å². The molecule has 0 N–H and O–H groups in total. The van der Waals surface area contributed by atoms with E-state index in [-0.39, 0.29) is 17.7 Å². The van der Waals surface area contributed by atoms with Crippen LogP contribution in [0.2, 0.25) is 0 Å². The van der Waals surface area contributed by atoms with Crippen LogP contribution in [0.25, 0.3) is 0 Å². The number of carbonyl (C=O) groups is 2. The zero-order valence-electron chi connectivity index (χ0n) is 17.2. The molecule has 3 heterocycles. The lowest BCUT2D eigenvalue weighted by atomic mass is 9.93. The second kappa shape index (κ2) is 8.33. The van der Waals surface area contributed by atoms with E-state index in [4.69, 9.17) is 0 Å². The van der Waals surface area contributed by atoms with Gasteiger partial charge in [-0.3, -0.25) is 19.5 Å². The highest BCUT2D eigenvalue weighted by Gasteiger charge is 2.36. The van der Waals surface area contributed by atoms with Crippen LogP contribution in [0.15, 0.2) is 42.6 Å². The van der Waals surface area contributed by atoms with Crippen molar-refractivity contribution in [2.45, 2.75) is 32.9 Å². The third kappa shape index (κ3) is 4.32. The van der Waals surface area contributed by atoms with Gasteiger partial charge in [0.1, 0.15) is 0 Å². The minimum Gasteiger partial charge on any atom is -0.339 e. The van der Waals surface area contributed by atoms with Crippen LogP contribution in [0.5, 0.6) is 0 Å². The summed E-state index contributed by atoms with van der Waals surface area (Å²) in [5.74, 6) is -0.279. The first-order chi connectivity index (χ1) is 14.0. The Hall–Kier alpha value is -2.73. The van der Waals surface area contributed by atoms with E-state index < -0.39 is 0 Å². The van der Waals surface area contributed by atoms with Gasteiger partial charge in [-0.15, -0.1) is 0 Å². The van der Waals surface area contributed by atoms with E-state index in [1.807, 2.05) is 17.0 Å². The number of hydrogen-bond acceptors (Lipinski definition) is 4. The summed E-state index contributed by atoms with van der Waals surface area (Å²) < 4.78 is 0. The quantitative estimate of drug-likeness (QED) is 0.803. The van der Waals surface area contributed by atoms with Crippen molar-refractivity contribution < 1.29 is 9.59 Å². The first-order valence-corrected chi connectivity index (χ1v) is 10.3. The Kier molecular flexibility index (Phi) is 5.62. The molecule has 1 atom stereocenters. The summed E-state index contributed by atoms with van der Waals surface area (Å²) in [4.78, 5) is 35.9. The SMILES string of the molecule is CC(=O)N1Cc2cccnc2C(C(=O)N2CCN(Cc3cccc(C)c3)CC2)C1. The summed E-state index contributed by atoms with van der Waals surface area (Å²) in [6, 6.07) is 12.4. The standard InChI is InChI=1S/C23H28N4O2/c1-17-5-3-6-19(13-17)14-25-9-11-26(12-10-25)23(29)21-16-27(18(2)28)15-20-7-4-8-24-22(20)21/h3-8,13,21H,9-12,14-16H2,1-2H3. The number of carbonyl (C=O) groups excluding carboxylic acids is 2. The van der Waals surface area contributed by atoms with Gasteiger partial charge in [-0.1, -0.05) is 35.9 Å². The number of hydrogen-bond donors (Lipinski definition) is 0. The van der Waals surface area contributed by atoms with Gasteiger partial charge in [0, 0.05) is 58.9 Å². The Morgan fingerprint density at radius 2 is 1.86 bits per heavy atom. The Labute approximate surface area is 172 Å². The van der Waals surface area contributed by atoms with E-state index in [1.54, 1.807) is 18.0 Å². The number of fused-ring (bicyclic) bond motifs is 1. The largest absolute Gasteiger partial charge is 0.339 e.